The fourth-order valence-corrected chi connectivity index (χ4v) is 3.85. The monoisotopic (exact) mass is 273 g/mol. The molecule has 92 valence electrons. The van der Waals surface area contributed by atoms with Crippen LogP contribution in [0.3, 0.4) is 0 Å². The fraction of sp³-hybridized carbons (Fsp3) is 0.727. The summed E-state index contributed by atoms with van der Waals surface area (Å²) in [6.45, 7) is 4.19. The molecule has 1 aromatic rings. The summed E-state index contributed by atoms with van der Waals surface area (Å²) in [4.78, 5) is 6.65. The second-order valence-electron chi connectivity index (χ2n) is 5.28. The largest absolute Gasteiger partial charge is 0.454 e. The van der Waals surface area contributed by atoms with E-state index in [4.69, 9.17) is 27.9 Å². The predicted octanol–water partition coefficient (Wildman–Crippen LogP) is 2.05. The van der Waals surface area contributed by atoms with Gasteiger partial charge in [-0.3, -0.25) is 9.47 Å². The number of imidazole rings is 1. The van der Waals surface area contributed by atoms with E-state index in [9.17, 15) is 0 Å². The Kier molecular flexibility index (Phi) is 2.04. The Morgan fingerprint density at radius 1 is 1.24 bits per heavy atom. The topological polar surface area (TPSA) is 30.3 Å². The minimum Gasteiger partial charge on any atom is -0.454 e. The summed E-state index contributed by atoms with van der Waals surface area (Å²) in [6.07, 6.45) is 2.44. The van der Waals surface area contributed by atoms with Crippen LogP contribution in [0, 0.1) is 5.92 Å². The molecule has 1 spiro atoms. The Hall–Kier alpha value is -0.450. The van der Waals surface area contributed by atoms with Gasteiger partial charge in [-0.15, -0.1) is 0 Å². The molecule has 1 atom stereocenters. The molecule has 1 unspecified atom stereocenters. The molecule has 4 nitrogen and oxygen atoms in total. The molecule has 0 radical (unpaired) electrons. The van der Waals surface area contributed by atoms with Crippen LogP contribution in [0.5, 0.6) is 6.01 Å². The SMILES string of the molecule is Clc1nc2n(c1Cl)CC1(CN3CCC1CC3)O2. The quantitative estimate of drug-likeness (QED) is 0.725. The highest BCUT2D eigenvalue weighted by molar-refractivity contribution is 6.40. The number of fused-ring (bicyclic) bond motifs is 3. The average Bonchev–Trinajstić information content (AvgIpc) is 2.79. The number of hydrogen-bond donors (Lipinski definition) is 0. The Labute approximate surface area is 109 Å². The minimum atomic E-state index is -0.104. The van der Waals surface area contributed by atoms with Crippen LogP contribution < -0.4 is 4.74 Å². The highest BCUT2D eigenvalue weighted by Gasteiger charge is 2.53. The summed E-state index contributed by atoms with van der Waals surface area (Å²) < 4.78 is 8.02. The summed E-state index contributed by atoms with van der Waals surface area (Å²) in [5.74, 6) is 0.629. The van der Waals surface area contributed by atoms with Crippen molar-refractivity contribution in [3.63, 3.8) is 0 Å². The van der Waals surface area contributed by atoms with Crippen LogP contribution in [0.25, 0.3) is 0 Å². The number of hydrogen-bond acceptors (Lipinski definition) is 3. The van der Waals surface area contributed by atoms with Gasteiger partial charge in [0.15, 0.2) is 10.3 Å². The van der Waals surface area contributed by atoms with Crippen LogP contribution in [-0.4, -0.2) is 39.7 Å². The van der Waals surface area contributed by atoms with E-state index in [0.29, 0.717) is 22.2 Å². The lowest BCUT2D eigenvalue weighted by Crippen LogP contribution is -2.61. The maximum absolute atomic E-state index is 6.13. The predicted molar refractivity (Wildman–Crippen MR) is 64.8 cm³/mol. The first kappa shape index (κ1) is 10.5. The van der Waals surface area contributed by atoms with Crippen molar-refractivity contribution < 1.29 is 4.74 Å². The summed E-state index contributed by atoms with van der Waals surface area (Å²) in [5, 5.41) is 0.854. The fourth-order valence-electron chi connectivity index (χ4n) is 3.50. The zero-order valence-corrected chi connectivity index (χ0v) is 10.8. The standard InChI is InChI=1S/C11H13Cl2N3O/c12-8-9(13)16-6-11(17-10(16)14-8)5-15-3-1-7(11)2-4-15/h7H,1-6H2. The van der Waals surface area contributed by atoms with E-state index in [0.717, 1.165) is 13.1 Å². The Morgan fingerprint density at radius 3 is 2.59 bits per heavy atom. The second kappa shape index (κ2) is 3.31. The number of rotatable bonds is 0. The van der Waals surface area contributed by atoms with Gasteiger partial charge in [0, 0.05) is 12.5 Å². The van der Waals surface area contributed by atoms with Gasteiger partial charge in [0.25, 0.3) is 6.01 Å². The van der Waals surface area contributed by atoms with Crippen LogP contribution in [0.1, 0.15) is 12.8 Å². The summed E-state index contributed by atoms with van der Waals surface area (Å²) >= 11 is 12.0. The van der Waals surface area contributed by atoms with Crippen molar-refractivity contribution in [2.24, 2.45) is 5.92 Å². The van der Waals surface area contributed by atoms with Crippen molar-refractivity contribution in [3.05, 3.63) is 10.3 Å². The van der Waals surface area contributed by atoms with Gasteiger partial charge in [-0.05, 0) is 25.9 Å². The van der Waals surface area contributed by atoms with Crippen molar-refractivity contribution in [3.8, 4) is 6.01 Å². The molecular formula is C11H13Cl2N3O. The molecule has 0 amide bonds. The molecule has 0 N–H and O–H groups in total. The van der Waals surface area contributed by atoms with Crippen LogP contribution in [-0.2, 0) is 6.54 Å². The maximum atomic E-state index is 6.13. The van der Waals surface area contributed by atoms with E-state index >= 15 is 0 Å². The third-order valence-corrected chi connectivity index (χ3v) is 5.12. The van der Waals surface area contributed by atoms with Gasteiger partial charge < -0.3 is 4.74 Å². The first-order chi connectivity index (χ1) is 8.18. The van der Waals surface area contributed by atoms with Crippen molar-refractivity contribution in [1.29, 1.82) is 0 Å². The lowest BCUT2D eigenvalue weighted by molar-refractivity contribution is -0.0834. The molecule has 2 bridgehead atoms. The molecule has 1 aromatic heterocycles. The van der Waals surface area contributed by atoms with E-state index in [2.05, 4.69) is 9.88 Å². The number of ether oxygens (including phenoxy) is 1. The van der Waals surface area contributed by atoms with Crippen LogP contribution in [0.2, 0.25) is 10.3 Å². The molecule has 0 aliphatic carbocycles. The summed E-state index contributed by atoms with van der Waals surface area (Å²) in [7, 11) is 0. The van der Waals surface area contributed by atoms with Crippen molar-refractivity contribution in [1.82, 2.24) is 14.5 Å². The molecule has 4 aliphatic heterocycles. The third kappa shape index (κ3) is 1.32. The maximum Gasteiger partial charge on any atom is 0.299 e. The zero-order chi connectivity index (χ0) is 11.6. The van der Waals surface area contributed by atoms with E-state index in [1.807, 2.05) is 4.57 Å². The van der Waals surface area contributed by atoms with Crippen LogP contribution >= 0.6 is 23.2 Å². The molecule has 3 saturated heterocycles. The minimum absolute atomic E-state index is 0.104. The normalized spacial score (nSPS) is 38.5. The highest BCUT2D eigenvalue weighted by Crippen LogP contribution is 2.45. The Morgan fingerprint density at radius 2 is 2.00 bits per heavy atom. The average molecular weight is 274 g/mol. The van der Waals surface area contributed by atoms with Crippen molar-refractivity contribution >= 4 is 23.2 Å². The van der Waals surface area contributed by atoms with Gasteiger partial charge in [-0.2, -0.15) is 4.98 Å². The Balaban J connectivity index is 1.71. The molecule has 0 aromatic carbocycles. The van der Waals surface area contributed by atoms with Crippen LogP contribution in [0.4, 0.5) is 0 Å². The molecule has 4 aliphatic rings. The first-order valence-electron chi connectivity index (χ1n) is 6.01. The first-order valence-corrected chi connectivity index (χ1v) is 6.76. The Bertz CT molecular complexity index is 481. The molecule has 17 heavy (non-hydrogen) atoms. The van der Waals surface area contributed by atoms with Gasteiger partial charge in [0.1, 0.15) is 5.60 Å². The molecule has 0 saturated carbocycles. The highest BCUT2D eigenvalue weighted by atomic mass is 35.5. The van der Waals surface area contributed by atoms with Gasteiger partial charge in [-0.1, -0.05) is 23.2 Å². The number of aromatic nitrogens is 2. The number of nitrogens with zero attached hydrogens (tertiary/aromatic N) is 3. The molecule has 5 heterocycles. The van der Waals surface area contributed by atoms with Gasteiger partial charge in [0.05, 0.1) is 6.54 Å². The van der Waals surface area contributed by atoms with Crippen molar-refractivity contribution in [2.45, 2.75) is 25.0 Å². The van der Waals surface area contributed by atoms with E-state index in [1.54, 1.807) is 0 Å². The molecule has 5 rings (SSSR count). The van der Waals surface area contributed by atoms with E-state index in [-0.39, 0.29) is 5.60 Å². The zero-order valence-electron chi connectivity index (χ0n) is 9.33. The van der Waals surface area contributed by atoms with Crippen molar-refractivity contribution in [2.75, 3.05) is 19.6 Å². The van der Waals surface area contributed by atoms with Gasteiger partial charge >= 0.3 is 0 Å². The second-order valence-corrected chi connectivity index (χ2v) is 6.00. The smallest absolute Gasteiger partial charge is 0.299 e. The number of halogens is 2. The molecular weight excluding hydrogens is 261 g/mol. The van der Waals surface area contributed by atoms with E-state index < -0.39 is 0 Å². The van der Waals surface area contributed by atoms with Crippen LogP contribution in [0.15, 0.2) is 0 Å². The lowest BCUT2D eigenvalue weighted by atomic mass is 9.75. The van der Waals surface area contributed by atoms with Gasteiger partial charge in [-0.25, -0.2) is 0 Å². The summed E-state index contributed by atoms with van der Waals surface area (Å²) in [6, 6.07) is 0.591. The summed E-state index contributed by atoms with van der Waals surface area (Å²) in [5.41, 5.74) is -0.104. The van der Waals surface area contributed by atoms with E-state index in [1.165, 1.54) is 25.9 Å². The molecule has 6 heteroatoms. The molecule has 3 fully saturated rings. The third-order valence-electron chi connectivity index (χ3n) is 4.38. The number of piperidine rings is 3. The van der Waals surface area contributed by atoms with Gasteiger partial charge in [0.2, 0.25) is 0 Å². The lowest BCUT2D eigenvalue weighted by Gasteiger charge is -2.50.